The number of hydrogen-bond acceptors (Lipinski definition) is 3. The number of hydrogen-bond donors (Lipinski definition) is 0. The number of rotatable bonds is 4. The molecular formula is C14H12ClN5. The van der Waals surface area contributed by atoms with Crippen LogP contribution in [0.5, 0.6) is 0 Å². The van der Waals surface area contributed by atoms with E-state index < -0.39 is 0 Å². The molecule has 6 heteroatoms. The van der Waals surface area contributed by atoms with Crippen LogP contribution in [0.3, 0.4) is 0 Å². The summed E-state index contributed by atoms with van der Waals surface area (Å²) in [6, 6.07) is 7.64. The van der Waals surface area contributed by atoms with Gasteiger partial charge in [-0.3, -0.25) is 0 Å². The summed E-state index contributed by atoms with van der Waals surface area (Å²) in [4.78, 5) is 8.53. The second-order valence-electron chi connectivity index (χ2n) is 4.43. The Morgan fingerprint density at radius 1 is 1.30 bits per heavy atom. The third-order valence-electron chi connectivity index (χ3n) is 3.22. The van der Waals surface area contributed by atoms with Crippen molar-refractivity contribution in [2.45, 2.75) is 19.0 Å². The van der Waals surface area contributed by atoms with Crippen molar-refractivity contribution in [2.24, 2.45) is 0 Å². The number of aromatic nitrogens is 4. The maximum atomic E-state index is 9.01. The highest BCUT2D eigenvalue weighted by molar-refractivity contribution is 6.16. The summed E-state index contributed by atoms with van der Waals surface area (Å²) in [6.07, 6.45) is 5.45. The van der Waals surface area contributed by atoms with Gasteiger partial charge in [-0.05, 0) is 18.2 Å². The van der Waals surface area contributed by atoms with Crippen molar-refractivity contribution >= 4 is 22.6 Å². The number of aryl methyl sites for hydroxylation is 2. The standard InChI is InChI=1S/C14H12ClN5/c15-8-14-18-12-2-1-11(9-16)7-13(12)20(14)6-5-19-4-3-17-10-19/h1-4,7,10H,5-6,8H2. The molecule has 0 fully saturated rings. The van der Waals surface area contributed by atoms with Gasteiger partial charge in [-0.1, -0.05) is 0 Å². The van der Waals surface area contributed by atoms with Crippen molar-refractivity contribution in [1.29, 1.82) is 5.26 Å². The molecule has 0 spiro atoms. The number of benzene rings is 1. The fourth-order valence-electron chi connectivity index (χ4n) is 2.23. The van der Waals surface area contributed by atoms with Gasteiger partial charge in [-0.2, -0.15) is 5.26 Å². The summed E-state index contributed by atoms with van der Waals surface area (Å²) in [6.45, 7) is 1.52. The smallest absolute Gasteiger partial charge is 0.124 e. The lowest BCUT2D eigenvalue weighted by molar-refractivity contribution is 0.577. The van der Waals surface area contributed by atoms with E-state index in [-0.39, 0.29) is 0 Å². The Balaban J connectivity index is 2.00. The lowest BCUT2D eigenvalue weighted by atomic mass is 10.2. The predicted octanol–water partition coefficient (Wildman–Crippen LogP) is 2.54. The monoisotopic (exact) mass is 285 g/mol. The first-order chi connectivity index (χ1) is 9.81. The molecule has 3 aromatic rings. The topological polar surface area (TPSA) is 59.4 Å². The van der Waals surface area contributed by atoms with Crippen molar-refractivity contribution in [2.75, 3.05) is 0 Å². The van der Waals surface area contributed by atoms with Crippen LogP contribution in [-0.2, 0) is 19.0 Å². The van der Waals surface area contributed by atoms with Gasteiger partial charge in [0.15, 0.2) is 0 Å². The van der Waals surface area contributed by atoms with E-state index >= 15 is 0 Å². The summed E-state index contributed by atoms with van der Waals surface area (Å²) in [5.41, 5.74) is 2.44. The Labute approximate surface area is 121 Å². The number of imidazole rings is 2. The third-order valence-corrected chi connectivity index (χ3v) is 3.46. The first-order valence-corrected chi connectivity index (χ1v) is 6.76. The van der Waals surface area contributed by atoms with Gasteiger partial charge in [-0.25, -0.2) is 9.97 Å². The first kappa shape index (κ1) is 12.7. The van der Waals surface area contributed by atoms with Crippen LogP contribution in [0.15, 0.2) is 36.9 Å². The fraction of sp³-hybridized carbons (Fsp3) is 0.214. The number of fused-ring (bicyclic) bond motifs is 1. The largest absolute Gasteiger partial charge is 0.336 e. The fourth-order valence-corrected chi connectivity index (χ4v) is 2.43. The molecule has 3 rings (SSSR count). The van der Waals surface area contributed by atoms with Crippen molar-refractivity contribution in [1.82, 2.24) is 19.1 Å². The lowest BCUT2D eigenvalue weighted by Gasteiger charge is -2.08. The van der Waals surface area contributed by atoms with Crippen LogP contribution in [0.25, 0.3) is 11.0 Å². The molecule has 0 aliphatic heterocycles. The Morgan fingerprint density at radius 2 is 2.20 bits per heavy atom. The average Bonchev–Trinajstić information content (AvgIpc) is 3.11. The zero-order chi connectivity index (χ0) is 13.9. The SMILES string of the molecule is N#Cc1ccc2nc(CCl)n(CCn3ccnc3)c2c1. The number of alkyl halides is 1. The average molecular weight is 286 g/mol. The van der Waals surface area contributed by atoms with Gasteiger partial charge in [-0.15, -0.1) is 11.6 Å². The van der Waals surface area contributed by atoms with Crippen LogP contribution in [0.2, 0.25) is 0 Å². The van der Waals surface area contributed by atoms with Crippen molar-refractivity contribution < 1.29 is 0 Å². The minimum Gasteiger partial charge on any atom is -0.336 e. The van der Waals surface area contributed by atoms with Crippen LogP contribution in [0.1, 0.15) is 11.4 Å². The van der Waals surface area contributed by atoms with Gasteiger partial charge in [0.05, 0.1) is 34.9 Å². The summed E-state index contributed by atoms with van der Waals surface area (Å²) >= 11 is 5.97. The molecule has 0 saturated heterocycles. The van der Waals surface area contributed by atoms with Gasteiger partial charge in [0.1, 0.15) is 5.82 Å². The highest BCUT2D eigenvalue weighted by atomic mass is 35.5. The predicted molar refractivity (Wildman–Crippen MR) is 76.2 cm³/mol. The molecule has 0 radical (unpaired) electrons. The van der Waals surface area contributed by atoms with E-state index in [1.54, 1.807) is 18.6 Å². The van der Waals surface area contributed by atoms with Crippen LogP contribution < -0.4 is 0 Å². The molecule has 2 aromatic heterocycles. The molecule has 0 unspecified atom stereocenters. The molecular weight excluding hydrogens is 274 g/mol. The van der Waals surface area contributed by atoms with E-state index in [1.165, 1.54) is 0 Å². The highest BCUT2D eigenvalue weighted by Gasteiger charge is 2.10. The maximum Gasteiger partial charge on any atom is 0.124 e. The number of halogens is 1. The van der Waals surface area contributed by atoms with Crippen LogP contribution in [0, 0.1) is 11.3 Å². The molecule has 0 amide bonds. The Hall–Kier alpha value is -2.32. The zero-order valence-electron chi connectivity index (χ0n) is 10.7. The lowest BCUT2D eigenvalue weighted by Crippen LogP contribution is -2.08. The van der Waals surface area contributed by atoms with Gasteiger partial charge < -0.3 is 9.13 Å². The van der Waals surface area contributed by atoms with E-state index in [9.17, 15) is 0 Å². The Bertz CT molecular complexity index is 767. The molecule has 20 heavy (non-hydrogen) atoms. The van der Waals surface area contributed by atoms with E-state index in [0.29, 0.717) is 11.4 Å². The Kier molecular flexibility index (Phi) is 3.40. The number of nitriles is 1. The van der Waals surface area contributed by atoms with Gasteiger partial charge in [0.2, 0.25) is 0 Å². The zero-order valence-corrected chi connectivity index (χ0v) is 11.5. The molecule has 1 aromatic carbocycles. The molecule has 0 atom stereocenters. The van der Waals surface area contributed by atoms with E-state index in [1.807, 2.05) is 22.9 Å². The van der Waals surface area contributed by atoms with E-state index in [2.05, 4.69) is 20.6 Å². The quantitative estimate of drug-likeness (QED) is 0.692. The summed E-state index contributed by atoms with van der Waals surface area (Å²) in [5, 5.41) is 9.01. The molecule has 0 aliphatic rings. The van der Waals surface area contributed by atoms with Crippen LogP contribution >= 0.6 is 11.6 Å². The molecule has 5 nitrogen and oxygen atoms in total. The molecule has 0 aliphatic carbocycles. The van der Waals surface area contributed by atoms with Crippen molar-refractivity contribution in [3.05, 3.63) is 48.3 Å². The van der Waals surface area contributed by atoms with E-state index in [0.717, 1.165) is 29.9 Å². The maximum absolute atomic E-state index is 9.01. The number of nitrogens with zero attached hydrogens (tertiary/aromatic N) is 5. The molecule has 2 heterocycles. The molecule has 0 saturated carbocycles. The minimum atomic E-state index is 0.348. The summed E-state index contributed by atoms with van der Waals surface area (Å²) in [7, 11) is 0. The molecule has 0 N–H and O–H groups in total. The van der Waals surface area contributed by atoms with E-state index in [4.69, 9.17) is 16.9 Å². The van der Waals surface area contributed by atoms with Gasteiger partial charge >= 0.3 is 0 Å². The van der Waals surface area contributed by atoms with Crippen molar-refractivity contribution in [3.8, 4) is 6.07 Å². The molecule has 100 valence electrons. The third kappa shape index (κ3) is 2.26. The van der Waals surface area contributed by atoms with Crippen LogP contribution in [0.4, 0.5) is 0 Å². The first-order valence-electron chi connectivity index (χ1n) is 6.23. The van der Waals surface area contributed by atoms with Gasteiger partial charge in [0.25, 0.3) is 0 Å². The summed E-state index contributed by atoms with van der Waals surface area (Å²) < 4.78 is 4.06. The van der Waals surface area contributed by atoms with Crippen LogP contribution in [-0.4, -0.2) is 19.1 Å². The summed E-state index contributed by atoms with van der Waals surface area (Å²) in [5.74, 6) is 1.16. The Morgan fingerprint density at radius 3 is 2.90 bits per heavy atom. The highest BCUT2D eigenvalue weighted by Crippen LogP contribution is 2.19. The van der Waals surface area contributed by atoms with Crippen molar-refractivity contribution in [3.63, 3.8) is 0 Å². The minimum absolute atomic E-state index is 0.348. The molecule has 0 bridgehead atoms. The second-order valence-corrected chi connectivity index (χ2v) is 4.70. The second kappa shape index (κ2) is 5.35. The van der Waals surface area contributed by atoms with Gasteiger partial charge in [0, 0.05) is 25.5 Å². The normalized spacial score (nSPS) is 10.8.